The molecule has 0 aliphatic heterocycles. The number of nitrogens with one attached hydrogen (secondary N) is 1. The Bertz CT molecular complexity index is 1960. The van der Waals surface area contributed by atoms with Crippen LogP contribution in [0.1, 0.15) is 87.0 Å². The molecule has 0 atom stereocenters. The molecule has 2 aliphatic carbocycles. The molecule has 11 heteroatoms. The van der Waals surface area contributed by atoms with Crippen molar-refractivity contribution in [1.82, 2.24) is 29.3 Å². The summed E-state index contributed by atoms with van der Waals surface area (Å²) in [5.74, 6) is 1.03. The first-order valence-corrected chi connectivity index (χ1v) is 16.4. The molecule has 11 nitrogen and oxygen atoms in total. The van der Waals surface area contributed by atoms with E-state index in [1.165, 1.54) is 0 Å². The van der Waals surface area contributed by atoms with Crippen LogP contribution in [-0.4, -0.2) is 52.7 Å². The van der Waals surface area contributed by atoms with Crippen molar-refractivity contribution in [3.05, 3.63) is 92.1 Å². The van der Waals surface area contributed by atoms with Gasteiger partial charge in [-0.15, -0.1) is 0 Å². The van der Waals surface area contributed by atoms with E-state index in [2.05, 4.69) is 17.1 Å². The van der Waals surface area contributed by atoms with Crippen LogP contribution in [0.25, 0.3) is 28.3 Å². The minimum atomic E-state index is -0.651. The molecule has 240 valence electrons. The molecule has 2 fully saturated rings. The van der Waals surface area contributed by atoms with Crippen molar-refractivity contribution in [2.75, 3.05) is 6.61 Å². The topological polar surface area (TPSA) is 141 Å². The predicted molar refractivity (Wildman–Crippen MR) is 173 cm³/mol. The highest BCUT2D eigenvalue weighted by molar-refractivity contribution is 5.80. The molecular weight excluding hydrogens is 584 g/mol. The van der Waals surface area contributed by atoms with Gasteiger partial charge in [0.2, 0.25) is 5.78 Å². The van der Waals surface area contributed by atoms with Gasteiger partial charge < -0.3 is 9.84 Å². The highest BCUT2D eigenvalue weighted by atomic mass is 16.5. The van der Waals surface area contributed by atoms with Crippen LogP contribution < -0.4 is 11.3 Å². The molecule has 2 aromatic carbocycles. The molecule has 7 rings (SSSR count). The first-order chi connectivity index (χ1) is 22.3. The normalized spacial score (nSPS) is 19.4. The number of aryl methyl sites for hydroxylation is 2. The molecule has 0 radical (unpaired) electrons. The molecule has 5 aromatic rings. The van der Waals surface area contributed by atoms with Gasteiger partial charge in [0.25, 0.3) is 5.56 Å². The fourth-order valence-electron chi connectivity index (χ4n) is 6.99. The maximum Gasteiger partial charge on any atom is 0.439 e. The Labute approximate surface area is 266 Å². The number of H-pyrrole nitrogens is 1. The molecule has 46 heavy (non-hydrogen) atoms. The Balaban J connectivity index is 1.18. The maximum atomic E-state index is 14.4. The zero-order valence-electron chi connectivity index (χ0n) is 26.4. The van der Waals surface area contributed by atoms with E-state index in [1.54, 1.807) is 0 Å². The van der Waals surface area contributed by atoms with Crippen LogP contribution in [0, 0.1) is 6.92 Å². The van der Waals surface area contributed by atoms with Crippen molar-refractivity contribution in [3.8, 4) is 22.5 Å². The van der Waals surface area contributed by atoms with E-state index in [1.807, 2.05) is 64.5 Å². The standard InChI is InChI=1S/C35H40N6O5/c1-3-7-30-29(20-23-10-12-24(13-11-23)27-8-4-5-9-28(27)31-37-34(43)46-39-31)32(42)40(33-36-22(2)38-41(30)33)25-14-16-26(17-15-25)45-21-35(44)18-6-19-35/h4-5,8-13,25-26,44H,3,6-7,14-21H2,1-2H3,(H,37,39,43). The number of aliphatic hydroxyl groups is 1. The van der Waals surface area contributed by atoms with Crippen LogP contribution in [0.4, 0.5) is 0 Å². The lowest BCUT2D eigenvalue weighted by atomic mass is 9.81. The minimum absolute atomic E-state index is 0.000839. The number of ether oxygens (including phenoxy) is 1. The van der Waals surface area contributed by atoms with Gasteiger partial charge in [0.05, 0.1) is 24.0 Å². The first kappa shape index (κ1) is 30.3. The number of rotatable bonds is 10. The number of fused-ring (bicyclic) bond motifs is 1. The van der Waals surface area contributed by atoms with Crippen LogP contribution in [0.15, 0.2) is 62.6 Å². The van der Waals surface area contributed by atoms with Gasteiger partial charge >= 0.3 is 5.76 Å². The third kappa shape index (κ3) is 5.85. The van der Waals surface area contributed by atoms with Crippen molar-refractivity contribution in [3.63, 3.8) is 0 Å². The average molecular weight is 625 g/mol. The van der Waals surface area contributed by atoms with Gasteiger partial charge in [-0.05, 0) is 75.0 Å². The van der Waals surface area contributed by atoms with E-state index in [0.717, 1.165) is 91.3 Å². The summed E-state index contributed by atoms with van der Waals surface area (Å²) in [6.45, 7) is 4.38. The highest BCUT2D eigenvalue weighted by Crippen LogP contribution is 2.35. The third-order valence-corrected chi connectivity index (χ3v) is 9.63. The second kappa shape index (κ2) is 12.4. The van der Waals surface area contributed by atoms with Gasteiger partial charge in [-0.25, -0.2) is 9.31 Å². The van der Waals surface area contributed by atoms with Crippen molar-refractivity contribution in [1.29, 1.82) is 0 Å². The number of aromatic nitrogens is 6. The zero-order chi connectivity index (χ0) is 31.8. The molecule has 2 N–H and O–H groups in total. The summed E-state index contributed by atoms with van der Waals surface area (Å²) in [6.07, 6.45) is 8.14. The predicted octanol–water partition coefficient (Wildman–Crippen LogP) is 5.17. The lowest BCUT2D eigenvalue weighted by Crippen LogP contribution is -2.43. The Hall–Kier alpha value is -4.35. The molecular formula is C35H40N6O5. The summed E-state index contributed by atoms with van der Waals surface area (Å²) in [5, 5.41) is 19.1. The van der Waals surface area contributed by atoms with E-state index in [4.69, 9.17) is 19.3 Å². The second-order valence-electron chi connectivity index (χ2n) is 12.9. The minimum Gasteiger partial charge on any atom is -0.387 e. The summed E-state index contributed by atoms with van der Waals surface area (Å²) >= 11 is 0. The molecule has 0 amide bonds. The lowest BCUT2D eigenvalue weighted by molar-refractivity contribution is -0.120. The Morgan fingerprint density at radius 2 is 1.78 bits per heavy atom. The van der Waals surface area contributed by atoms with Gasteiger partial charge in [-0.2, -0.15) is 10.1 Å². The maximum absolute atomic E-state index is 14.4. The summed E-state index contributed by atoms with van der Waals surface area (Å²) in [6, 6.07) is 15.9. The van der Waals surface area contributed by atoms with Crippen LogP contribution in [-0.2, 0) is 17.6 Å². The molecule has 0 spiro atoms. The van der Waals surface area contributed by atoms with Crippen molar-refractivity contribution in [2.45, 2.75) is 95.8 Å². The van der Waals surface area contributed by atoms with Crippen molar-refractivity contribution in [2.24, 2.45) is 0 Å². The number of hydrogen-bond donors (Lipinski definition) is 2. The van der Waals surface area contributed by atoms with Crippen LogP contribution >= 0.6 is 0 Å². The van der Waals surface area contributed by atoms with E-state index >= 15 is 0 Å². The monoisotopic (exact) mass is 624 g/mol. The van der Waals surface area contributed by atoms with Gasteiger partial charge in [0, 0.05) is 23.6 Å². The van der Waals surface area contributed by atoms with E-state index < -0.39 is 11.4 Å². The number of hydrogen-bond acceptors (Lipinski definition) is 8. The smallest absolute Gasteiger partial charge is 0.387 e. The van der Waals surface area contributed by atoms with E-state index in [-0.39, 0.29) is 17.7 Å². The van der Waals surface area contributed by atoms with Gasteiger partial charge in [-0.1, -0.05) is 67.0 Å². The number of nitrogens with zero attached hydrogens (tertiary/aromatic N) is 5. The molecule has 2 saturated carbocycles. The van der Waals surface area contributed by atoms with Crippen LogP contribution in [0.3, 0.4) is 0 Å². The van der Waals surface area contributed by atoms with Crippen molar-refractivity contribution >= 4 is 5.78 Å². The zero-order valence-corrected chi connectivity index (χ0v) is 26.4. The largest absolute Gasteiger partial charge is 0.439 e. The number of benzene rings is 2. The molecule has 3 heterocycles. The lowest BCUT2D eigenvalue weighted by Gasteiger charge is -2.38. The average Bonchev–Trinajstić information content (AvgIpc) is 3.66. The fraction of sp³-hybridized carbons (Fsp3) is 0.457. The Kier molecular flexibility index (Phi) is 8.20. The molecule has 2 aliphatic rings. The van der Waals surface area contributed by atoms with E-state index in [0.29, 0.717) is 30.5 Å². The fourth-order valence-corrected chi connectivity index (χ4v) is 6.99. The Morgan fingerprint density at radius 3 is 2.43 bits per heavy atom. The van der Waals surface area contributed by atoms with Crippen LogP contribution in [0.2, 0.25) is 0 Å². The first-order valence-electron chi connectivity index (χ1n) is 16.4. The Morgan fingerprint density at radius 1 is 1.04 bits per heavy atom. The highest BCUT2D eigenvalue weighted by Gasteiger charge is 2.36. The molecule has 0 saturated heterocycles. The van der Waals surface area contributed by atoms with Gasteiger partial charge in [0.15, 0.2) is 5.82 Å². The molecule has 0 bridgehead atoms. The van der Waals surface area contributed by atoms with E-state index in [9.17, 15) is 14.7 Å². The second-order valence-corrected chi connectivity index (χ2v) is 12.9. The van der Waals surface area contributed by atoms with Crippen LogP contribution in [0.5, 0.6) is 0 Å². The van der Waals surface area contributed by atoms with Gasteiger partial charge in [0.1, 0.15) is 5.82 Å². The number of aromatic amines is 1. The van der Waals surface area contributed by atoms with Crippen molar-refractivity contribution < 1.29 is 14.4 Å². The SMILES string of the molecule is CCCc1c(Cc2ccc(-c3ccccc3-c3noc(=O)[nH]3)cc2)c(=O)n(C2CCC(OCC3(O)CCC3)CC2)c2nc(C)nn12. The molecule has 0 unspecified atom stereocenters. The quantitative estimate of drug-likeness (QED) is 0.217. The van der Waals surface area contributed by atoms with Gasteiger partial charge in [-0.3, -0.25) is 18.9 Å². The summed E-state index contributed by atoms with van der Waals surface area (Å²) in [5.41, 5.74) is 4.66. The molecule has 3 aromatic heterocycles. The summed E-state index contributed by atoms with van der Waals surface area (Å²) in [7, 11) is 0. The third-order valence-electron chi connectivity index (χ3n) is 9.63. The summed E-state index contributed by atoms with van der Waals surface area (Å²) in [4.78, 5) is 33.4. The summed E-state index contributed by atoms with van der Waals surface area (Å²) < 4.78 is 14.6.